The quantitative estimate of drug-likeness (QED) is 0.849. The molecule has 23 heavy (non-hydrogen) atoms. The van der Waals surface area contributed by atoms with Gasteiger partial charge in [0.15, 0.2) is 17.3 Å². The fourth-order valence-corrected chi connectivity index (χ4v) is 2.41. The van der Waals surface area contributed by atoms with E-state index in [1.54, 1.807) is 0 Å². The van der Waals surface area contributed by atoms with E-state index in [9.17, 15) is 4.79 Å². The largest absolute Gasteiger partial charge is 0.454 e. The molecule has 0 spiro atoms. The van der Waals surface area contributed by atoms with Gasteiger partial charge in [-0.25, -0.2) is 0 Å². The molecule has 0 bridgehead atoms. The second-order valence-corrected chi connectivity index (χ2v) is 5.75. The first kappa shape index (κ1) is 15.4. The Bertz CT molecular complexity index is 696. The van der Waals surface area contributed by atoms with Crippen molar-refractivity contribution in [1.82, 2.24) is 15.1 Å². The van der Waals surface area contributed by atoms with Crippen molar-refractivity contribution in [2.75, 3.05) is 26.2 Å². The summed E-state index contributed by atoms with van der Waals surface area (Å²) >= 11 is 0. The van der Waals surface area contributed by atoms with Gasteiger partial charge in [0.25, 0.3) is 0 Å². The van der Waals surface area contributed by atoms with Crippen LogP contribution in [-0.2, 0) is 17.8 Å². The molecule has 1 amide bonds. The monoisotopic (exact) mass is 316 g/mol. The van der Waals surface area contributed by atoms with Crippen LogP contribution in [0.2, 0.25) is 0 Å². The molecular formula is C16H20N4O3. The topological polar surface area (TPSA) is 79.5 Å². The molecule has 0 radical (unpaired) electrons. The molecule has 0 fully saturated rings. The number of carbonyl (C=O) groups is 1. The van der Waals surface area contributed by atoms with Crippen molar-refractivity contribution in [3.05, 3.63) is 35.5 Å². The first-order chi connectivity index (χ1) is 11.1. The van der Waals surface area contributed by atoms with E-state index in [2.05, 4.69) is 15.5 Å². The predicted molar refractivity (Wildman–Crippen MR) is 85.5 cm³/mol. The van der Waals surface area contributed by atoms with Crippen LogP contribution in [0.3, 0.4) is 0 Å². The summed E-state index contributed by atoms with van der Waals surface area (Å²) in [7, 11) is 3.95. The van der Waals surface area contributed by atoms with Crippen LogP contribution in [0.25, 0.3) is 0 Å². The van der Waals surface area contributed by atoms with Gasteiger partial charge in [0.1, 0.15) is 0 Å². The van der Waals surface area contributed by atoms with Crippen molar-refractivity contribution in [3.8, 4) is 11.5 Å². The number of hydrogen-bond donors (Lipinski definition) is 2. The van der Waals surface area contributed by atoms with Crippen LogP contribution in [0.4, 0.5) is 5.82 Å². The first-order valence-corrected chi connectivity index (χ1v) is 7.47. The third kappa shape index (κ3) is 4.01. The Morgan fingerprint density at radius 3 is 2.96 bits per heavy atom. The Labute approximate surface area is 134 Å². The van der Waals surface area contributed by atoms with E-state index >= 15 is 0 Å². The Morgan fingerprint density at radius 2 is 2.13 bits per heavy atom. The molecule has 1 aliphatic heterocycles. The smallest absolute Gasteiger partial charge is 0.231 e. The highest BCUT2D eigenvalue weighted by molar-refractivity contribution is 5.89. The van der Waals surface area contributed by atoms with E-state index in [1.807, 2.05) is 43.3 Å². The van der Waals surface area contributed by atoms with Gasteiger partial charge in [-0.2, -0.15) is 5.10 Å². The number of hydrogen-bond acceptors (Lipinski definition) is 5. The lowest BCUT2D eigenvalue weighted by atomic mass is 10.1. The number of rotatable bonds is 6. The standard InChI is InChI=1S/C16H20N4O3/c1-20(2)9-12-8-15(19-18-12)17-16(21)6-4-11-3-5-13-14(7-11)23-10-22-13/h3,5,7-8H,4,6,9-10H2,1-2H3,(H2,17,18,19,21). The molecule has 0 atom stereocenters. The summed E-state index contributed by atoms with van der Waals surface area (Å²) in [6.45, 7) is 1.01. The molecule has 0 saturated heterocycles. The molecule has 1 aliphatic rings. The van der Waals surface area contributed by atoms with E-state index in [0.29, 0.717) is 18.7 Å². The second kappa shape index (κ2) is 6.70. The molecule has 3 rings (SSSR count). The SMILES string of the molecule is CN(C)Cc1cc(NC(=O)CCc2ccc3c(c2)OCO3)n[nH]1. The molecule has 7 heteroatoms. The summed E-state index contributed by atoms with van der Waals surface area (Å²) in [6.07, 6.45) is 1.02. The number of amides is 1. The molecular weight excluding hydrogens is 296 g/mol. The van der Waals surface area contributed by atoms with E-state index in [-0.39, 0.29) is 12.7 Å². The fourth-order valence-electron chi connectivity index (χ4n) is 2.41. The van der Waals surface area contributed by atoms with E-state index in [1.165, 1.54) is 0 Å². The number of nitrogens with zero attached hydrogens (tertiary/aromatic N) is 2. The summed E-state index contributed by atoms with van der Waals surface area (Å²) in [5, 5.41) is 9.80. The lowest BCUT2D eigenvalue weighted by molar-refractivity contribution is -0.116. The van der Waals surface area contributed by atoms with Crippen molar-refractivity contribution >= 4 is 11.7 Å². The third-order valence-electron chi connectivity index (χ3n) is 3.46. The van der Waals surface area contributed by atoms with Gasteiger partial charge >= 0.3 is 0 Å². The molecule has 2 aromatic rings. The number of aromatic nitrogens is 2. The second-order valence-electron chi connectivity index (χ2n) is 5.75. The zero-order chi connectivity index (χ0) is 16.2. The summed E-state index contributed by atoms with van der Waals surface area (Å²) in [6, 6.07) is 7.58. The Hall–Kier alpha value is -2.54. The Kier molecular flexibility index (Phi) is 4.47. The molecule has 122 valence electrons. The van der Waals surface area contributed by atoms with Gasteiger partial charge in [-0.3, -0.25) is 9.89 Å². The highest BCUT2D eigenvalue weighted by Crippen LogP contribution is 2.32. The van der Waals surface area contributed by atoms with E-state index in [4.69, 9.17) is 9.47 Å². The molecule has 1 aromatic carbocycles. The van der Waals surface area contributed by atoms with E-state index < -0.39 is 0 Å². The van der Waals surface area contributed by atoms with Gasteiger partial charge in [-0.15, -0.1) is 0 Å². The number of fused-ring (bicyclic) bond motifs is 1. The minimum atomic E-state index is -0.0643. The molecule has 0 aliphatic carbocycles. The number of H-pyrrole nitrogens is 1. The number of carbonyl (C=O) groups excluding carboxylic acids is 1. The lowest BCUT2D eigenvalue weighted by Crippen LogP contribution is -2.12. The number of anilines is 1. The Balaban J connectivity index is 1.50. The number of ether oxygens (including phenoxy) is 2. The zero-order valence-electron chi connectivity index (χ0n) is 13.3. The number of aromatic amines is 1. The summed E-state index contributed by atoms with van der Waals surface area (Å²) in [5.41, 5.74) is 2.00. The van der Waals surface area contributed by atoms with Gasteiger partial charge < -0.3 is 19.7 Å². The Morgan fingerprint density at radius 1 is 1.30 bits per heavy atom. The van der Waals surface area contributed by atoms with Gasteiger partial charge in [-0.05, 0) is 38.2 Å². The zero-order valence-corrected chi connectivity index (χ0v) is 13.3. The van der Waals surface area contributed by atoms with Crippen molar-refractivity contribution in [3.63, 3.8) is 0 Å². The van der Waals surface area contributed by atoms with Crippen molar-refractivity contribution in [2.24, 2.45) is 0 Å². The maximum Gasteiger partial charge on any atom is 0.231 e. The molecule has 1 aromatic heterocycles. The molecule has 0 saturated carbocycles. The molecule has 0 unspecified atom stereocenters. The normalized spacial score (nSPS) is 12.7. The van der Waals surface area contributed by atoms with Crippen LogP contribution in [0.1, 0.15) is 17.7 Å². The maximum absolute atomic E-state index is 12.0. The molecule has 7 nitrogen and oxygen atoms in total. The van der Waals surface area contributed by atoms with Crippen LogP contribution < -0.4 is 14.8 Å². The lowest BCUT2D eigenvalue weighted by Gasteiger charge is -2.05. The summed E-state index contributed by atoms with van der Waals surface area (Å²) in [5.74, 6) is 1.98. The van der Waals surface area contributed by atoms with E-state index in [0.717, 1.165) is 29.3 Å². The molecule has 2 N–H and O–H groups in total. The first-order valence-electron chi connectivity index (χ1n) is 7.47. The van der Waals surface area contributed by atoms with Crippen LogP contribution in [-0.4, -0.2) is 41.9 Å². The minimum Gasteiger partial charge on any atom is -0.454 e. The van der Waals surface area contributed by atoms with Gasteiger partial charge in [0, 0.05) is 19.0 Å². The van der Waals surface area contributed by atoms with Crippen molar-refractivity contribution < 1.29 is 14.3 Å². The summed E-state index contributed by atoms with van der Waals surface area (Å²) in [4.78, 5) is 14.0. The summed E-state index contributed by atoms with van der Waals surface area (Å²) < 4.78 is 10.6. The fraction of sp³-hybridized carbons (Fsp3) is 0.375. The predicted octanol–water partition coefficient (Wildman–Crippen LogP) is 1.77. The van der Waals surface area contributed by atoms with Crippen LogP contribution >= 0.6 is 0 Å². The van der Waals surface area contributed by atoms with Gasteiger partial charge in [-0.1, -0.05) is 6.07 Å². The third-order valence-corrected chi connectivity index (χ3v) is 3.46. The van der Waals surface area contributed by atoms with Crippen LogP contribution in [0, 0.1) is 0 Å². The maximum atomic E-state index is 12.0. The highest BCUT2D eigenvalue weighted by Gasteiger charge is 2.14. The number of nitrogens with one attached hydrogen (secondary N) is 2. The van der Waals surface area contributed by atoms with Gasteiger partial charge in [0.2, 0.25) is 12.7 Å². The highest BCUT2D eigenvalue weighted by atomic mass is 16.7. The van der Waals surface area contributed by atoms with Crippen molar-refractivity contribution in [1.29, 1.82) is 0 Å². The average Bonchev–Trinajstić information content (AvgIpc) is 3.13. The number of benzene rings is 1. The van der Waals surface area contributed by atoms with Crippen LogP contribution in [0.5, 0.6) is 11.5 Å². The number of aryl methyl sites for hydroxylation is 1. The van der Waals surface area contributed by atoms with Gasteiger partial charge in [0.05, 0.1) is 5.69 Å². The average molecular weight is 316 g/mol. The minimum absolute atomic E-state index is 0.0643. The van der Waals surface area contributed by atoms with Crippen molar-refractivity contribution in [2.45, 2.75) is 19.4 Å². The molecule has 2 heterocycles. The van der Waals surface area contributed by atoms with Crippen LogP contribution in [0.15, 0.2) is 24.3 Å².